The third kappa shape index (κ3) is 3.92. The molecule has 102 valence electrons. The van der Waals surface area contributed by atoms with E-state index in [1.54, 1.807) is 6.07 Å². The lowest BCUT2D eigenvalue weighted by Gasteiger charge is -2.09. The van der Waals surface area contributed by atoms with Gasteiger partial charge in [-0.3, -0.25) is 4.79 Å². The number of carbonyl (C=O) groups excluding carboxylic acids is 1. The van der Waals surface area contributed by atoms with Gasteiger partial charge in [0.2, 0.25) is 5.78 Å². The first-order chi connectivity index (χ1) is 9.13. The number of aromatic hydroxyl groups is 1. The third-order valence-electron chi connectivity index (χ3n) is 2.59. The quantitative estimate of drug-likeness (QED) is 0.384. The molecule has 0 radical (unpaired) electrons. The Morgan fingerprint density at radius 1 is 1.32 bits per heavy atom. The SMILES string of the molecule is CCCCC#CC(=O)c1c(O)cc(OC)cc1OC. The van der Waals surface area contributed by atoms with Crippen LogP contribution in [-0.4, -0.2) is 25.1 Å². The Bertz CT molecular complexity index is 509. The fourth-order valence-corrected chi connectivity index (χ4v) is 1.55. The van der Waals surface area contributed by atoms with Crippen LogP contribution in [0.2, 0.25) is 0 Å². The van der Waals surface area contributed by atoms with Gasteiger partial charge in [-0.05, 0) is 12.3 Å². The largest absolute Gasteiger partial charge is 0.507 e. The van der Waals surface area contributed by atoms with Gasteiger partial charge in [-0.2, -0.15) is 0 Å². The minimum Gasteiger partial charge on any atom is -0.507 e. The number of ether oxygens (including phenoxy) is 2. The molecular weight excluding hydrogens is 244 g/mol. The Morgan fingerprint density at radius 3 is 2.63 bits per heavy atom. The Balaban J connectivity index is 3.04. The van der Waals surface area contributed by atoms with E-state index in [2.05, 4.69) is 18.8 Å². The summed E-state index contributed by atoms with van der Waals surface area (Å²) in [5, 5.41) is 9.86. The zero-order valence-electron chi connectivity index (χ0n) is 11.4. The fourth-order valence-electron chi connectivity index (χ4n) is 1.55. The van der Waals surface area contributed by atoms with E-state index >= 15 is 0 Å². The van der Waals surface area contributed by atoms with Gasteiger partial charge in [-0.25, -0.2) is 0 Å². The van der Waals surface area contributed by atoms with Crippen molar-refractivity contribution in [2.24, 2.45) is 0 Å². The average molecular weight is 262 g/mol. The number of hydrogen-bond acceptors (Lipinski definition) is 4. The number of phenols is 1. The first kappa shape index (κ1) is 14.9. The van der Waals surface area contributed by atoms with Crippen molar-refractivity contribution < 1.29 is 19.4 Å². The van der Waals surface area contributed by atoms with Crippen LogP contribution in [0.15, 0.2) is 12.1 Å². The Kier molecular flexibility index (Phi) is 5.74. The Labute approximate surface area is 113 Å². The van der Waals surface area contributed by atoms with Crippen LogP contribution < -0.4 is 9.47 Å². The maximum absolute atomic E-state index is 12.0. The summed E-state index contributed by atoms with van der Waals surface area (Å²) in [6.07, 6.45) is 2.65. The number of ketones is 1. The molecule has 0 aliphatic rings. The van der Waals surface area contributed by atoms with Gasteiger partial charge in [-0.15, -0.1) is 0 Å². The Morgan fingerprint density at radius 2 is 2.05 bits per heavy atom. The molecule has 0 aliphatic carbocycles. The second-order valence-corrected chi connectivity index (χ2v) is 3.96. The molecule has 0 saturated heterocycles. The zero-order valence-corrected chi connectivity index (χ0v) is 11.4. The van der Waals surface area contributed by atoms with E-state index in [0.717, 1.165) is 12.8 Å². The smallest absolute Gasteiger partial charge is 0.243 e. The van der Waals surface area contributed by atoms with Crippen molar-refractivity contribution in [2.75, 3.05) is 14.2 Å². The van der Waals surface area contributed by atoms with Crippen molar-refractivity contribution in [3.8, 4) is 29.1 Å². The van der Waals surface area contributed by atoms with Gasteiger partial charge in [0, 0.05) is 18.6 Å². The number of benzene rings is 1. The first-order valence-corrected chi connectivity index (χ1v) is 6.12. The van der Waals surface area contributed by atoms with Crippen molar-refractivity contribution >= 4 is 5.78 Å². The monoisotopic (exact) mass is 262 g/mol. The van der Waals surface area contributed by atoms with E-state index in [1.807, 2.05) is 0 Å². The number of carbonyl (C=O) groups is 1. The second kappa shape index (κ2) is 7.32. The van der Waals surface area contributed by atoms with Crippen molar-refractivity contribution in [3.63, 3.8) is 0 Å². The molecule has 1 rings (SSSR count). The topological polar surface area (TPSA) is 55.8 Å². The lowest BCUT2D eigenvalue weighted by Crippen LogP contribution is -2.01. The molecule has 0 amide bonds. The highest BCUT2D eigenvalue weighted by Crippen LogP contribution is 2.33. The van der Waals surface area contributed by atoms with Gasteiger partial charge in [0.1, 0.15) is 22.8 Å². The first-order valence-electron chi connectivity index (χ1n) is 6.12. The van der Waals surface area contributed by atoms with Crippen molar-refractivity contribution in [1.82, 2.24) is 0 Å². The highest BCUT2D eigenvalue weighted by Gasteiger charge is 2.17. The molecule has 1 aromatic carbocycles. The molecule has 0 fully saturated rings. The van der Waals surface area contributed by atoms with Crippen LogP contribution in [0.5, 0.6) is 17.2 Å². The molecule has 0 saturated carbocycles. The summed E-state index contributed by atoms with van der Waals surface area (Å²) < 4.78 is 10.1. The molecule has 0 aliphatic heterocycles. The van der Waals surface area contributed by atoms with Crippen LogP contribution in [-0.2, 0) is 0 Å². The molecule has 0 aromatic heterocycles. The van der Waals surface area contributed by atoms with Crippen LogP contribution >= 0.6 is 0 Å². The third-order valence-corrected chi connectivity index (χ3v) is 2.59. The highest BCUT2D eigenvalue weighted by atomic mass is 16.5. The van der Waals surface area contributed by atoms with E-state index in [4.69, 9.17) is 9.47 Å². The van der Waals surface area contributed by atoms with Gasteiger partial charge in [0.25, 0.3) is 0 Å². The van der Waals surface area contributed by atoms with Crippen molar-refractivity contribution in [3.05, 3.63) is 17.7 Å². The van der Waals surface area contributed by atoms with E-state index in [9.17, 15) is 9.90 Å². The number of phenolic OH excluding ortho intramolecular Hbond substituents is 1. The predicted molar refractivity (Wildman–Crippen MR) is 72.8 cm³/mol. The summed E-state index contributed by atoms with van der Waals surface area (Å²) in [5.41, 5.74) is 0.0762. The summed E-state index contributed by atoms with van der Waals surface area (Å²) in [5.74, 6) is 5.35. The van der Waals surface area contributed by atoms with Crippen LogP contribution in [0.3, 0.4) is 0 Å². The lowest BCUT2D eigenvalue weighted by molar-refractivity contribution is 0.105. The number of rotatable bonds is 5. The van der Waals surface area contributed by atoms with Gasteiger partial charge < -0.3 is 14.6 Å². The Hall–Kier alpha value is -2.15. The van der Waals surface area contributed by atoms with Crippen LogP contribution in [0.4, 0.5) is 0 Å². The molecule has 19 heavy (non-hydrogen) atoms. The van der Waals surface area contributed by atoms with Gasteiger partial charge in [0.15, 0.2) is 0 Å². The predicted octanol–water partition coefficient (Wildman–Crippen LogP) is 2.79. The zero-order chi connectivity index (χ0) is 14.3. The average Bonchev–Trinajstić information content (AvgIpc) is 2.42. The van der Waals surface area contributed by atoms with E-state index in [0.29, 0.717) is 12.2 Å². The van der Waals surface area contributed by atoms with Gasteiger partial charge >= 0.3 is 0 Å². The molecule has 4 heteroatoms. The summed E-state index contributed by atoms with van der Waals surface area (Å²) in [7, 11) is 2.90. The van der Waals surface area contributed by atoms with Crippen LogP contribution in [0.25, 0.3) is 0 Å². The molecule has 0 atom stereocenters. The highest BCUT2D eigenvalue weighted by molar-refractivity contribution is 6.12. The van der Waals surface area contributed by atoms with Crippen molar-refractivity contribution in [2.45, 2.75) is 26.2 Å². The van der Waals surface area contributed by atoms with E-state index < -0.39 is 5.78 Å². The molecule has 0 spiro atoms. The summed E-state index contributed by atoms with van der Waals surface area (Å²) >= 11 is 0. The summed E-state index contributed by atoms with van der Waals surface area (Å²) in [4.78, 5) is 12.0. The van der Waals surface area contributed by atoms with Crippen LogP contribution in [0, 0.1) is 11.8 Å². The van der Waals surface area contributed by atoms with Crippen molar-refractivity contribution in [1.29, 1.82) is 0 Å². The van der Waals surface area contributed by atoms with Gasteiger partial charge in [-0.1, -0.05) is 19.3 Å². The molecule has 1 aromatic rings. The fraction of sp³-hybridized carbons (Fsp3) is 0.400. The lowest BCUT2D eigenvalue weighted by atomic mass is 10.1. The molecule has 0 unspecified atom stereocenters. The number of hydrogen-bond donors (Lipinski definition) is 1. The second-order valence-electron chi connectivity index (χ2n) is 3.96. The molecule has 0 bridgehead atoms. The standard InChI is InChI=1S/C15H18O4/c1-4-5-6-7-8-12(16)15-13(17)9-11(18-2)10-14(15)19-3/h9-10,17H,4-6H2,1-3H3. The van der Waals surface area contributed by atoms with E-state index in [1.165, 1.54) is 20.3 Å². The van der Waals surface area contributed by atoms with Crippen LogP contribution in [0.1, 0.15) is 36.5 Å². The van der Waals surface area contributed by atoms with E-state index in [-0.39, 0.29) is 17.1 Å². The number of unbranched alkanes of at least 4 members (excludes halogenated alkanes) is 2. The number of methoxy groups -OCH3 is 2. The minimum atomic E-state index is -0.451. The molecular formula is C15H18O4. The van der Waals surface area contributed by atoms with Gasteiger partial charge in [0.05, 0.1) is 14.2 Å². The molecule has 0 heterocycles. The minimum absolute atomic E-state index is 0.0762. The molecule has 4 nitrogen and oxygen atoms in total. The maximum atomic E-state index is 12.0. The maximum Gasteiger partial charge on any atom is 0.243 e. The summed E-state index contributed by atoms with van der Waals surface area (Å²) in [6, 6.07) is 2.91. The summed E-state index contributed by atoms with van der Waals surface area (Å²) in [6.45, 7) is 2.06. The normalized spacial score (nSPS) is 9.42. The number of Topliss-reactive ketones (excluding diaryl/α,β-unsaturated/α-hetero) is 1. The molecule has 1 N–H and O–H groups in total.